The van der Waals surface area contributed by atoms with Crippen LogP contribution in [0.15, 0.2) is 24.3 Å². The second-order valence-corrected chi connectivity index (χ2v) is 7.61. The van der Waals surface area contributed by atoms with Crippen molar-refractivity contribution < 1.29 is 9.53 Å². The Morgan fingerprint density at radius 2 is 2.14 bits per heavy atom. The molecule has 3 unspecified atom stereocenters. The highest BCUT2D eigenvalue weighted by Gasteiger charge is 2.62. The molecule has 2 aliphatic carbocycles. The second kappa shape index (κ2) is 5.01. The molecule has 0 heterocycles. The van der Waals surface area contributed by atoms with E-state index >= 15 is 0 Å². The Morgan fingerprint density at radius 3 is 2.71 bits per heavy atom. The lowest BCUT2D eigenvalue weighted by Crippen LogP contribution is -2.38. The molecule has 2 nitrogen and oxygen atoms in total. The molecule has 0 spiro atoms. The maximum atomic E-state index is 12.4. The summed E-state index contributed by atoms with van der Waals surface area (Å²) in [5.41, 5.74) is 1.93. The molecule has 21 heavy (non-hydrogen) atoms. The van der Waals surface area contributed by atoms with Gasteiger partial charge in [0, 0.05) is 11.3 Å². The van der Waals surface area contributed by atoms with Gasteiger partial charge in [-0.05, 0) is 48.3 Å². The third kappa shape index (κ3) is 2.19. The molecular formula is C18H23ClO2. The van der Waals surface area contributed by atoms with Gasteiger partial charge in [0.1, 0.15) is 6.10 Å². The number of carbonyl (C=O) groups is 1. The first-order chi connectivity index (χ1) is 9.88. The number of benzene rings is 1. The fourth-order valence-corrected chi connectivity index (χ4v) is 4.45. The van der Waals surface area contributed by atoms with Crippen LogP contribution in [0.25, 0.3) is 0 Å². The molecule has 0 N–H and O–H groups in total. The van der Waals surface area contributed by atoms with Crippen molar-refractivity contribution in [3.05, 3.63) is 35.4 Å². The van der Waals surface area contributed by atoms with Crippen LogP contribution >= 0.6 is 11.6 Å². The zero-order chi connectivity index (χ0) is 15.3. The predicted octanol–water partition coefficient (Wildman–Crippen LogP) is 4.80. The van der Waals surface area contributed by atoms with Crippen LogP contribution in [0.5, 0.6) is 0 Å². The zero-order valence-corrected chi connectivity index (χ0v) is 13.7. The molecule has 3 rings (SSSR count). The zero-order valence-electron chi connectivity index (χ0n) is 13.0. The van der Waals surface area contributed by atoms with Gasteiger partial charge in [-0.1, -0.05) is 32.9 Å². The molecule has 3 heteroatoms. The smallest absolute Gasteiger partial charge is 0.338 e. The lowest BCUT2D eigenvalue weighted by Gasteiger charge is -2.38. The summed E-state index contributed by atoms with van der Waals surface area (Å²) in [5, 5.41) is 0. The van der Waals surface area contributed by atoms with E-state index in [1.54, 1.807) is 6.07 Å². The van der Waals surface area contributed by atoms with E-state index < -0.39 is 0 Å². The minimum absolute atomic E-state index is 0.0402. The molecule has 2 fully saturated rings. The Bertz CT molecular complexity index is 566. The van der Waals surface area contributed by atoms with Crippen LogP contribution in [0.1, 0.15) is 56.0 Å². The highest BCUT2D eigenvalue weighted by Crippen LogP contribution is 2.66. The van der Waals surface area contributed by atoms with Crippen LogP contribution in [0.2, 0.25) is 0 Å². The van der Waals surface area contributed by atoms with Crippen molar-refractivity contribution in [2.24, 2.45) is 16.7 Å². The molecule has 114 valence electrons. The van der Waals surface area contributed by atoms with Gasteiger partial charge in [0.15, 0.2) is 0 Å². The van der Waals surface area contributed by atoms with Crippen LogP contribution < -0.4 is 0 Å². The van der Waals surface area contributed by atoms with E-state index in [0.717, 1.165) is 18.4 Å². The van der Waals surface area contributed by atoms with Crippen molar-refractivity contribution in [1.82, 2.24) is 0 Å². The molecule has 3 atom stereocenters. The molecule has 0 saturated heterocycles. The molecule has 2 aliphatic rings. The molecular weight excluding hydrogens is 284 g/mol. The van der Waals surface area contributed by atoms with Crippen molar-refractivity contribution in [2.45, 2.75) is 52.0 Å². The van der Waals surface area contributed by atoms with E-state index in [1.807, 2.05) is 18.2 Å². The first-order valence-corrected chi connectivity index (χ1v) is 8.28. The van der Waals surface area contributed by atoms with Gasteiger partial charge in [-0.25, -0.2) is 4.79 Å². The summed E-state index contributed by atoms with van der Waals surface area (Å²) in [6.07, 6.45) is 3.46. The van der Waals surface area contributed by atoms with Gasteiger partial charge in [-0.3, -0.25) is 0 Å². The molecule has 0 radical (unpaired) electrons. The van der Waals surface area contributed by atoms with E-state index in [2.05, 4.69) is 20.8 Å². The monoisotopic (exact) mass is 306 g/mol. The maximum absolute atomic E-state index is 12.4. The third-order valence-electron chi connectivity index (χ3n) is 6.28. The third-order valence-corrected chi connectivity index (χ3v) is 6.59. The average Bonchev–Trinajstić information content (AvgIpc) is 2.80. The molecule has 1 aromatic rings. The normalized spacial score (nSPS) is 33.1. The van der Waals surface area contributed by atoms with Gasteiger partial charge in [-0.2, -0.15) is 0 Å². The minimum atomic E-state index is -0.212. The van der Waals surface area contributed by atoms with Gasteiger partial charge in [0.25, 0.3) is 0 Å². The maximum Gasteiger partial charge on any atom is 0.338 e. The number of hydrogen-bond donors (Lipinski definition) is 0. The summed E-state index contributed by atoms with van der Waals surface area (Å²) in [7, 11) is 0. The number of carbonyl (C=O) groups excluding carboxylic acids is 1. The molecule has 1 aromatic carbocycles. The van der Waals surface area contributed by atoms with Gasteiger partial charge in [-0.15, -0.1) is 11.6 Å². The van der Waals surface area contributed by atoms with Gasteiger partial charge >= 0.3 is 5.97 Å². The van der Waals surface area contributed by atoms with Crippen molar-refractivity contribution in [3.63, 3.8) is 0 Å². The Hall–Kier alpha value is -1.02. The number of halogens is 1. The largest absolute Gasteiger partial charge is 0.458 e. The van der Waals surface area contributed by atoms with Gasteiger partial charge in [0.05, 0.1) is 5.56 Å². The second-order valence-electron chi connectivity index (χ2n) is 7.34. The number of ether oxygens (including phenoxy) is 1. The quantitative estimate of drug-likeness (QED) is 0.592. The fourth-order valence-electron chi connectivity index (χ4n) is 4.29. The average molecular weight is 307 g/mol. The molecule has 0 amide bonds. The summed E-state index contributed by atoms with van der Waals surface area (Å²) in [5.74, 6) is 0.878. The van der Waals surface area contributed by atoms with Crippen molar-refractivity contribution in [3.8, 4) is 0 Å². The van der Waals surface area contributed by atoms with Crippen LogP contribution in [0.3, 0.4) is 0 Å². The van der Waals surface area contributed by atoms with E-state index in [-0.39, 0.29) is 22.9 Å². The Kier molecular flexibility index (Phi) is 3.56. The predicted molar refractivity (Wildman–Crippen MR) is 84.4 cm³/mol. The molecule has 0 aromatic heterocycles. The summed E-state index contributed by atoms with van der Waals surface area (Å²) in [4.78, 5) is 12.4. The SMILES string of the molecule is CC1(C)C2CCC1(C)C(OC(=O)c1cccc(CCl)c1)C2. The van der Waals surface area contributed by atoms with Crippen molar-refractivity contribution in [1.29, 1.82) is 0 Å². The molecule has 2 saturated carbocycles. The first kappa shape index (κ1) is 14.9. The van der Waals surface area contributed by atoms with Crippen LogP contribution in [0, 0.1) is 16.7 Å². The highest BCUT2D eigenvalue weighted by molar-refractivity contribution is 6.17. The van der Waals surface area contributed by atoms with Gasteiger partial charge in [0.2, 0.25) is 0 Å². The minimum Gasteiger partial charge on any atom is -0.458 e. The topological polar surface area (TPSA) is 26.3 Å². The number of hydrogen-bond acceptors (Lipinski definition) is 2. The van der Waals surface area contributed by atoms with E-state index in [1.165, 1.54) is 6.42 Å². The van der Waals surface area contributed by atoms with E-state index in [4.69, 9.17) is 16.3 Å². The molecule has 0 aliphatic heterocycles. The number of fused-ring (bicyclic) bond motifs is 2. The Labute approximate surface area is 131 Å². The van der Waals surface area contributed by atoms with Crippen LogP contribution in [-0.4, -0.2) is 12.1 Å². The standard InChI is InChI=1S/C18H23ClO2/c1-17(2)14-7-8-18(17,3)15(10-14)21-16(20)13-6-4-5-12(9-13)11-19/h4-6,9,14-15H,7-8,10-11H2,1-3H3. The van der Waals surface area contributed by atoms with Crippen LogP contribution in [-0.2, 0) is 10.6 Å². The first-order valence-electron chi connectivity index (χ1n) is 7.74. The van der Waals surface area contributed by atoms with Gasteiger partial charge < -0.3 is 4.74 Å². The number of alkyl halides is 1. The van der Waals surface area contributed by atoms with E-state index in [0.29, 0.717) is 17.4 Å². The van der Waals surface area contributed by atoms with Crippen LogP contribution in [0.4, 0.5) is 0 Å². The Balaban J connectivity index is 1.77. The number of esters is 1. The molecule has 2 bridgehead atoms. The lowest BCUT2D eigenvalue weighted by molar-refractivity contribution is -0.0242. The number of rotatable bonds is 3. The van der Waals surface area contributed by atoms with Crippen molar-refractivity contribution >= 4 is 17.6 Å². The fraction of sp³-hybridized carbons (Fsp3) is 0.611. The summed E-state index contributed by atoms with van der Waals surface area (Å²) in [6, 6.07) is 7.42. The summed E-state index contributed by atoms with van der Waals surface area (Å²) in [6.45, 7) is 6.94. The Morgan fingerprint density at radius 1 is 1.38 bits per heavy atom. The van der Waals surface area contributed by atoms with E-state index in [9.17, 15) is 4.79 Å². The highest BCUT2D eigenvalue weighted by atomic mass is 35.5. The summed E-state index contributed by atoms with van der Waals surface area (Å²) < 4.78 is 5.89. The lowest BCUT2D eigenvalue weighted by atomic mass is 9.70. The van der Waals surface area contributed by atoms with Crippen molar-refractivity contribution in [2.75, 3.05) is 0 Å². The summed E-state index contributed by atoms with van der Waals surface area (Å²) >= 11 is 5.83.